The maximum atomic E-state index is 2.47. The maximum Gasteiger partial charge on any atom is 0.0462 e. The van der Waals surface area contributed by atoms with Crippen LogP contribution in [0.25, 0.3) is 22.3 Å². The van der Waals surface area contributed by atoms with E-state index in [0.29, 0.717) is 11.8 Å². The van der Waals surface area contributed by atoms with Crippen LogP contribution in [-0.4, -0.2) is 0 Å². The molecule has 0 N–H and O–H groups in total. The highest BCUT2D eigenvalue weighted by Crippen LogP contribution is 2.51. The van der Waals surface area contributed by atoms with Crippen LogP contribution in [0.4, 0.5) is 17.1 Å². The van der Waals surface area contributed by atoms with Gasteiger partial charge >= 0.3 is 0 Å². The van der Waals surface area contributed by atoms with Gasteiger partial charge in [0, 0.05) is 28.9 Å². The summed E-state index contributed by atoms with van der Waals surface area (Å²) < 4.78 is 0. The zero-order chi connectivity index (χ0) is 41.3. The molecule has 7 aromatic rings. The van der Waals surface area contributed by atoms with Crippen molar-refractivity contribution in [2.45, 2.75) is 83.5 Å². The van der Waals surface area contributed by atoms with E-state index in [1.807, 2.05) is 0 Å². The zero-order valence-corrected chi connectivity index (χ0v) is 36.0. The van der Waals surface area contributed by atoms with Gasteiger partial charge in [0.2, 0.25) is 0 Å². The van der Waals surface area contributed by atoms with Crippen LogP contribution in [0.2, 0.25) is 0 Å². The van der Waals surface area contributed by atoms with Crippen LogP contribution in [-0.2, 0) is 6.42 Å². The average molecular weight is 792 g/mol. The van der Waals surface area contributed by atoms with Crippen LogP contribution < -0.4 is 4.90 Å². The lowest BCUT2D eigenvalue weighted by Gasteiger charge is -2.41. The number of benzene rings is 7. The number of fused-ring (bicyclic) bond motifs is 3. The van der Waals surface area contributed by atoms with E-state index in [4.69, 9.17) is 0 Å². The molecule has 0 saturated heterocycles. The molecule has 61 heavy (non-hydrogen) atoms. The first-order valence-corrected chi connectivity index (χ1v) is 22.8. The monoisotopic (exact) mass is 791 g/mol. The highest BCUT2D eigenvalue weighted by Gasteiger charge is 2.36. The normalized spacial score (nSPS) is 19.6. The van der Waals surface area contributed by atoms with E-state index >= 15 is 0 Å². The zero-order valence-electron chi connectivity index (χ0n) is 36.0. The quantitative estimate of drug-likeness (QED) is 0.141. The molecule has 0 spiro atoms. The summed E-state index contributed by atoms with van der Waals surface area (Å²) in [7, 11) is 0. The second-order valence-corrected chi connectivity index (χ2v) is 18.0. The summed E-state index contributed by atoms with van der Waals surface area (Å²) in [5.74, 6) is 2.37. The van der Waals surface area contributed by atoms with Gasteiger partial charge in [-0.25, -0.2) is 0 Å². The van der Waals surface area contributed by atoms with Gasteiger partial charge in [-0.15, -0.1) is 0 Å². The molecule has 1 nitrogen and oxygen atoms in total. The number of aryl methyl sites for hydroxylation is 3. The molecule has 1 heteroatoms. The van der Waals surface area contributed by atoms with E-state index in [1.54, 1.807) is 11.1 Å². The van der Waals surface area contributed by atoms with Crippen molar-refractivity contribution < 1.29 is 0 Å². The molecule has 10 rings (SSSR count). The van der Waals surface area contributed by atoms with Gasteiger partial charge in [-0.05, 0) is 155 Å². The molecule has 0 aliphatic heterocycles. The van der Waals surface area contributed by atoms with E-state index in [2.05, 4.69) is 208 Å². The van der Waals surface area contributed by atoms with Crippen molar-refractivity contribution in [1.82, 2.24) is 0 Å². The van der Waals surface area contributed by atoms with Gasteiger partial charge in [0.05, 0.1) is 0 Å². The molecule has 0 amide bonds. The Morgan fingerprint density at radius 3 is 1.67 bits per heavy atom. The third kappa shape index (κ3) is 8.07. The molecule has 0 bridgehead atoms. The summed E-state index contributed by atoms with van der Waals surface area (Å²) in [5.41, 5.74) is 21.1. The SMILES string of the molecule is CCc1ccc(C2C=C(c3ccc(C)cc3)C=C(c3ccc(N(c4ccc(C)cc4)c4ccc(-c5ccc(C6CC7CCCCC7c7ccccc76)cc5)cc4)cc3)C2)cc1. The van der Waals surface area contributed by atoms with E-state index in [1.165, 1.54) is 93.3 Å². The minimum absolute atomic E-state index is 0.314. The van der Waals surface area contributed by atoms with Crippen LogP contribution in [0, 0.1) is 19.8 Å². The summed E-state index contributed by atoms with van der Waals surface area (Å²) in [5, 5.41) is 0. The van der Waals surface area contributed by atoms with Crippen LogP contribution >= 0.6 is 0 Å². The van der Waals surface area contributed by atoms with Gasteiger partial charge in [-0.2, -0.15) is 0 Å². The molecule has 3 aliphatic carbocycles. The standard InChI is InChI=1S/C60H57N/c1-4-43-17-21-47(22-18-43)52-37-51(46-19-13-41(2)14-20-46)38-53(39-52)48-29-35-56(36-30-48)61(54-31-15-42(3)16-32-54)55-33-27-45(28-34-55)44-23-25-49(26-24-44)60-40-50-9-5-6-10-57(50)58-11-7-8-12-59(58)60/h7-8,11-38,50,52,57,60H,4-6,9-10,39-40H2,1-3H3. The Kier molecular flexibility index (Phi) is 10.9. The topological polar surface area (TPSA) is 3.24 Å². The molecule has 1 fully saturated rings. The molecule has 0 radical (unpaired) electrons. The molecular weight excluding hydrogens is 735 g/mol. The van der Waals surface area contributed by atoms with E-state index < -0.39 is 0 Å². The fourth-order valence-electron chi connectivity index (χ4n) is 10.6. The van der Waals surface area contributed by atoms with Crippen molar-refractivity contribution in [2.75, 3.05) is 4.90 Å². The Balaban J connectivity index is 0.928. The predicted octanol–water partition coefficient (Wildman–Crippen LogP) is 16.5. The van der Waals surface area contributed by atoms with Crippen LogP contribution in [0.1, 0.15) is 113 Å². The third-order valence-electron chi connectivity index (χ3n) is 14.1. The molecule has 0 aromatic heterocycles. The first kappa shape index (κ1) is 39.0. The minimum atomic E-state index is 0.314. The summed E-state index contributed by atoms with van der Waals surface area (Å²) in [6, 6.07) is 64.4. The predicted molar refractivity (Wildman–Crippen MR) is 259 cm³/mol. The molecule has 0 heterocycles. The van der Waals surface area contributed by atoms with Gasteiger partial charge in [0.1, 0.15) is 0 Å². The second-order valence-electron chi connectivity index (χ2n) is 18.0. The molecule has 3 aliphatic rings. The van der Waals surface area contributed by atoms with Gasteiger partial charge in [-0.3, -0.25) is 0 Å². The Morgan fingerprint density at radius 1 is 0.508 bits per heavy atom. The first-order valence-electron chi connectivity index (χ1n) is 22.8. The Hall–Kier alpha value is -6.18. The fraction of sp³-hybridized carbons (Fsp3) is 0.233. The summed E-state index contributed by atoms with van der Waals surface area (Å²) in [4.78, 5) is 2.39. The minimum Gasteiger partial charge on any atom is -0.311 e. The number of rotatable bonds is 9. The fourth-order valence-corrected chi connectivity index (χ4v) is 10.6. The highest BCUT2D eigenvalue weighted by molar-refractivity contribution is 5.88. The van der Waals surface area contributed by atoms with Crippen molar-refractivity contribution in [3.63, 3.8) is 0 Å². The molecule has 4 atom stereocenters. The lowest BCUT2D eigenvalue weighted by Crippen LogP contribution is -2.27. The average Bonchev–Trinajstić information content (AvgIpc) is 3.32. The van der Waals surface area contributed by atoms with Gasteiger partial charge in [-0.1, -0.05) is 177 Å². The molecule has 4 unspecified atom stereocenters. The molecule has 302 valence electrons. The molecule has 1 saturated carbocycles. The Labute approximate surface area is 364 Å². The highest BCUT2D eigenvalue weighted by atomic mass is 15.1. The maximum absolute atomic E-state index is 2.47. The number of anilines is 3. The van der Waals surface area contributed by atoms with Gasteiger partial charge in [0.15, 0.2) is 0 Å². The van der Waals surface area contributed by atoms with Gasteiger partial charge < -0.3 is 4.90 Å². The van der Waals surface area contributed by atoms with Crippen molar-refractivity contribution in [3.8, 4) is 11.1 Å². The number of hydrogen-bond acceptors (Lipinski definition) is 1. The molecule has 7 aromatic carbocycles. The largest absolute Gasteiger partial charge is 0.311 e. The van der Waals surface area contributed by atoms with E-state index in [0.717, 1.165) is 41.7 Å². The molecular formula is C60H57N. The number of allylic oxidation sites excluding steroid dienone is 4. The summed E-state index contributed by atoms with van der Waals surface area (Å²) >= 11 is 0. The van der Waals surface area contributed by atoms with Crippen molar-refractivity contribution >= 4 is 28.2 Å². The lowest BCUT2D eigenvalue weighted by atomic mass is 9.63. The summed E-state index contributed by atoms with van der Waals surface area (Å²) in [6.07, 6.45) is 13.7. The van der Waals surface area contributed by atoms with Crippen LogP contribution in [0.3, 0.4) is 0 Å². The first-order chi connectivity index (χ1) is 30.0. The van der Waals surface area contributed by atoms with E-state index in [-0.39, 0.29) is 0 Å². The number of nitrogens with zero attached hydrogens (tertiary/aromatic N) is 1. The Bertz CT molecular complexity index is 2660. The van der Waals surface area contributed by atoms with Gasteiger partial charge in [0.25, 0.3) is 0 Å². The van der Waals surface area contributed by atoms with E-state index in [9.17, 15) is 0 Å². The summed E-state index contributed by atoms with van der Waals surface area (Å²) in [6.45, 7) is 6.54. The lowest BCUT2D eigenvalue weighted by molar-refractivity contribution is 0.264. The number of hydrogen-bond donors (Lipinski definition) is 0. The van der Waals surface area contributed by atoms with Crippen molar-refractivity contribution in [1.29, 1.82) is 0 Å². The van der Waals surface area contributed by atoms with Crippen molar-refractivity contribution in [2.24, 2.45) is 5.92 Å². The Morgan fingerprint density at radius 2 is 1.03 bits per heavy atom. The second kappa shape index (κ2) is 17.1. The van der Waals surface area contributed by atoms with Crippen LogP contribution in [0.5, 0.6) is 0 Å². The smallest absolute Gasteiger partial charge is 0.0462 e. The third-order valence-corrected chi connectivity index (χ3v) is 14.1. The van der Waals surface area contributed by atoms with Crippen molar-refractivity contribution in [3.05, 3.63) is 232 Å². The van der Waals surface area contributed by atoms with Crippen LogP contribution in [0.15, 0.2) is 182 Å².